The maximum absolute atomic E-state index is 5.99. The van der Waals surface area contributed by atoms with Gasteiger partial charge in [0.25, 0.3) is 0 Å². The van der Waals surface area contributed by atoms with E-state index in [9.17, 15) is 0 Å². The highest BCUT2D eigenvalue weighted by Gasteiger charge is 2.20. The highest BCUT2D eigenvalue weighted by atomic mass is 16.7. The van der Waals surface area contributed by atoms with Crippen LogP contribution in [0, 0.1) is 5.92 Å². The van der Waals surface area contributed by atoms with Gasteiger partial charge in [-0.2, -0.15) is 0 Å². The molecule has 0 spiro atoms. The zero-order valence-corrected chi connectivity index (χ0v) is 11.8. The summed E-state index contributed by atoms with van der Waals surface area (Å²) in [5.74, 6) is 2.94. The molecule has 1 saturated heterocycles. The minimum Gasteiger partial charge on any atom is -0.493 e. The maximum atomic E-state index is 5.99. The number of ether oxygens (including phenoxy) is 4. The van der Waals surface area contributed by atoms with Crippen LogP contribution in [0.3, 0.4) is 0 Å². The molecule has 2 aliphatic heterocycles. The van der Waals surface area contributed by atoms with Crippen LogP contribution in [0.2, 0.25) is 0 Å². The van der Waals surface area contributed by atoms with E-state index in [-0.39, 0.29) is 6.79 Å². The largest absolute Gasteiger partial charge is 0.493 e. The van der Waals surface area contributed by atoms with Crippen molar-refractivity contribution in [2.45, 2.75) is 19.9 Å². The Morgan fingerprint density at radius 1 is 1.30 bits per heavy atom. The van der Waals surface area contributed by atoms with Crippen molar-refractivity contribution in [3.05, 3.63) is 17.7 Å². The van der Waals surface area contributed by atoms with Gasteiger partial charge in [-0.15, -0.1) is 0 Å². The fourth-order valence-electron chi connectivity index (χ4n) is 2.42. The number of rotatable bonds is 6. The molecule has 1 atom stereocenters. The van der Waals surface area contributed by atoms with Crippen molar-refractivity contribution in [2.75, 3.05) is 33.2 Å². The molecule has 5 nitrogen and oxygen atoms in total. The molecule has 0 saturated carbocycles. The second-order valence-corrected chi connectivity index (χ2v) is 5.13. The highest BCUT2D eigenvalue weighted by molar-refractivity contribution is 5.51. The summed E-state index contributed by atoms with van der Waals surface area (Å²) < 4.78 is 22.2. The third-order valence-corrected chi connectivity index (χ3v) is 3.62. The van der Waals surface area contributed by atoms with E-state index in [1.807, 2.05) is 12.1 Å². The van der Waals surface area contributed by atoms with Crippen molar-refractivity contribution in [2.24, 2.45) is 5.92 Å². The first-order valence-corrected chi connectivity index (χ1v) is 7.20. The van der Waals surface area contributed by atoms with Gasteiger partial charge in [-0.1, -0.05) is 6.92 Å². The number of hydrogen-bond donors (Lipinski definition) is 1. The van der Waals surface area contributed by atoms with Gasteiger partial charge in [0.2, 0.25) is 6.79 Å². The third-order valence-electron chi connectivity index (χ3n) is 3.62. The van der Waals surface area contributed by atoms with Gasteiger partial charge in [-0.05, 0) is 19.0 Å². The van der Waals surface area contributed by atoms with E-state index < -0.39 is 0 Å². The van der Waals surface area contributed by atoms with Gasteiger partial charge in [-0.25, -0.2) is 0 Å². The zero-order valence-electron chi connectivity index (χ0n) is 11.8. The predicted molar refractivity (Wildman–Crippen MR) is 74.4 cm³/mol. The molecule has 2 heterocycles. The molecule has 0 bridgehead atoms. The zero-order chi connectivity index (χ0) is 13.8. The second-order valence-electron chi connectivity index (χ2n) is 5.13. The summed E-state index contributed by atoms with van der Waals surface area (Å²) in [5.41, 5.74) is 1.11. The van der Waals surface area contributed by atoms with Gasteiger partial charge in [0, 0.05) is 30.7 Å². The van der Waals surface area contributed by atoms with Crippen LogP contribution < -0.4 is 19.5 Å². The Morgan fingerprint density at radius 3 is 2.90 bits per heavy atom. The quantitative estimate of drug-likeness (QED) is 0.862. The van der Waals surface area contributed by atoms with Crippen molar-refractivity contribution in [1.29, 1.82) is 0 Å². The van der Waals surface area contributed by atoms with Gasteiger partial charge in [0.15, 0.2) is 11.5 Å². The fourth-order valence-corrected chi connectivity index (χ4v) is 2.42. The molecule has 5 heteroatoms. The standard InChI is InChI=1S/C15H21NO4/c1-2-16-7-12-5-14-15(20-10-19-14)6-13(12)18-9-11-3-4-17-8-11/h5-6,11,16H,2-4,7-10H2,1H3. The molecule has 2 aliphatic rings. The van der Waals surface area contributed by atoms with E-state index in [0.29, 0.717) is 12.5 Å². The minimum atomic E-state index is 0.288. The summed E-state index contributed by atoms with van der Waals surface area (Å²) in [7, 11) is 0. The molecule has 0 amide bonds. The lowest BCUT2D eigenvalue weighted by Gasteiger charge is -2.15. The normalized spacial score (nSPS) is 20.4. The number of hydrogen-bond acceptors (Lipinski definition) is 5. The van der Waals surface area contributed by atoms with Crippen LogP contribution in [0.15, 0.2) is 12.1 Å². The highest BCUT2D eigenvalue weighted by Crippen LogP contribution is 2.38. The van der Waals surface area contributed by atoms with E-state index >= 15 is 0 Å². The molecule has 1 aromatic rings. The smallest absolute Gasteiger partial charge is 0.231 e. The molecular formula is C15H21NO4. The Hall–Kier alpha value is -1.46. The van der Waals surface area contributed by atoms with E-state index in [2.05, 4.69) is 12.2 Å². The molecule has 0 aliphatic carbocycles. The van der Waals surface area contributed by atoms with E-state index in [1.54, 1.807) is 0 Å². The molecule has 1 N–H and O–H groups in total. The summed E-state index contributed by atoms with van der Waals surface area (Å²) in [6, 6.07) is 3.94. The van der Waals surface area contributed by atoms with Crippen LogP contribution in [-0.4, -0.2) is 33.2 Å². The lowest BCUT2D eigenvalue weighted by molar-refractivity contribution is 0.166. The topological polar surface area (TPSA) is 49.0 Å². The van der Waals surface area contributed by atoms with Gasteiger partial charge in [-0.3, -0.25) is 0 Å². The molecule has 1 unspecified atom stereocenters. The molecule has 1 aromatic carbocycles. The summed E-state index contributed by atoms with van der Waals surface area (Å²) in [5, 5.41) is 3.32. The molecule has 110 valence electrons. The molecule has 3 rings (SSSR count). The molecule has 0 radical (unpaired) electrons. The van der Waals surface area contributed by atoms with Crippen LogP contribution >= 0.6 is 0 Å². The Labute approximate surface area is 119 Å². The van der Waals surface area contributed by atoms with E-state index in [4.69, 9.17) is 18.9 Å². The Morgan fingerprint density at radius 2 is 2.15 bits per heavy atom. The lowest BCUT2D eigenvalue weighted by Crippen LogP contribution is -2.15. The second kappa shape index (κ2) is 6.33. The average molecular weight is 279 g/mol. The molecule has 0 aromatic heterocycles. The van der Waals surface area contributed by atoms with Gasteiger partial charge >= 0.3 is 0 Å². The van der Waals surface area contributed by atoms with Crippen molar-refractivity contribution in [3.63, 3.8) is 0 Å². The van der Waals surface area contributed by atoms with Crippen LogP contribution in [0.4, 0.5) is 0 Å². The average Bonchev–Trinajstić information content (AvgIpc) is 3.12. The monoisotopic (exact) mass is 279 g/mol. The molecule has 1 fully saturated rings. The summed E-state index contributed by atoms with van der Waals surface area (Å²) in [6.45, 7) is 6.40. The van der Waals surface area contributed by atoms with Crippen molar-refractivity contribution >= 4 is 0 Å². The van der Waals surface area contributed by atoms with E-state index in [0.717, 1.165) is 55.5 Å². The number of fused-ring (bicyclic) bond motifs is 1. The van der Waals surface area contributed by atoms with Crippen LogP contribution in [0.5, 0.6) is 17.2 Å². The van der Waals surface area contributed by atoms with Gasteiger partial charge in [0.05, 0.1) is 13.2 Å². The number of benzene rings is 1. The summed E-state index contributed by atoms with van der Waals surface area (Å²) in [4.78, 5) is 0. The minimum absolute atomic E-state index is 0.288. The Bertz CT molecular complexity index is 457. The first kappa shape index (κ1) is 13.5. The van der Waals surface area contributed by atoms with Gasteiger partial charge in [0.1, 0.15) is 5.75 Å². The van der Waals surface area contributed by atoms with E-state index in [1.165, 1.54) is 0 Å². The SMILES string of the molecule is CCNCc1cc2c(cc1OCC1CCOC1)OCO2. The van der Waals surface area contributed by atoms with Crippen LogP contribution in [-0.2, 0) is 11.3 Å². The van der Waals surface area contributed by atoms with Crippen LogP contribution in [0.25, 0.3) is 0 Å². The summed E-state index contributed by atoms with van der Waals surface area (Å²) >= 11 is 0. The number of nitrogens with one attached hydrogen (secondary N) is 1. The predicted octanol–water partition coefficient (Wildman–Crippen LogP) is 1.94. The lowest BCUT2D eigenvalue weighted by atomic mass is 10.1. The molecule has 20 heavy (non-hydrogen) atoms. The van der Waals surface area contributed by atoms with Crippen molar-refractivity contribution < 1.29 is 18.9 Å². The Balaban J connectivity index is 1.72. The van der Waals surface area contributed by atoms with Gasteiger partial charge < -0.3 is 24.3 Å². The van der Waals surface area contributed by atoms with Crippen LogP contribution in [0.1, 0.15) is 18.9 Å². The molecular weight excluding hydrogens is 258 g/mol. The van der Waals surface area contributed by atoms with Crippen molar-refractivity contribution in [3.8, 4) is 17.2 Å². The third kappa shape index (κ3) is 2.99. The first-order valence-electron chi connectivity index (χ1n) is 7.20. The fraction of sp³-hybridized carbons (Fsp3) is 0.600. The maximum Gasteiger partial charge on any atom is 0.231 e. The Kier molecular flexibility index (Phi) is 4.28. The summed E-state index contributed by atoms with van der Waals surface area (Å²) in [6.07, 6.45) is 1.08. The van der Waals surface area contributed by atoms with Crippen molar-refractivity contribution in [1.82, 2.24) is 5.32 Å². The first-order chi connectivity index (χ1) is 9.86.